The molecule has 1 aromatic heterocycles. The zero-order chi connectivity index (χ0) is 15.6. The van der Waals surface area contributed by atoms with Crippen molar-refractivity contribution in [1.82, 2.24) is 15.2 Å². The highest BCUT2D eigenvalue weighted by atomic mass is 35.5. The van der Waals surface area contributed by atoms with E-state index >= 15 is 0 Å². The highest BCUT2D eigenvalue weighted by Crippen LogP contribution is 2.23. The van der Waals surface area contributed by atoms with Gasteiger partial charge in [-0.25, -0.2) is 4.98 Å². The summed E-state index contributed by atoms with van der Waals surface area (Å²) in [6.07, 6.45) is 1.99. The van der Waals surface area contributed by atoms with Gasteiger partial charge in [-0.2, -0.15) is 0 Å². The number of carbonyl (C=O) groups excluding carboxylic acids is 1. The molecule has 0 aliphatic carbocycles. The smallest absolute Gasteiger partial charge is 0.251 e. The molecule has 0 atom stereocenters. The Morgan fingerprint density at radius 1 is 1.33 bits per heavy atom. The molecule has 0 unspecified atom stereocenters. The molecule has 0 spiro atoms. The van der Waals surface area contributed by atoms with E-state index in [0.717, 1.165) is 31.6 Å². The quantitative estimate of drug-likeness (QED) is 0.854. The molecular weight excluding hydrogens is 286 g/mol. The van der Waals surface area contributed by atoms with Gasteiger partial charge in [0.1, 0.15) is 5.15 Å². The van der Waals surface area contributed by atoms with Crippen LogP contribution in [0.3, 0.4) is 0 Å². The molecule has 1 aliphatic heterocycles. The summed E-state index contributed by atoms with van der Waals surface area (Å²) in [4.78, 5) is 19.0. The zero-order valence-corrected chi connectivity index (χ0v) is 14.0. The molecule has 21 heavy (non-hydrogen) atoms. The molecule has 116 valence electrons. The van der Waals surface area contributed by atoms with Crippen molar-refractivity contribution in [2.45, 2.75) is 45.1 Å². The first-order valence-corrected chi connectivity index (χ1v) is 7.81. The van der Waals surface area contributed by atoms with Crippen LogP contribution in [0.15, 0.2) is 12.1 Å². The van der Waals surface area contributed by atoms with Crippen molar-refractivity contribution in [3.8, 4) is 0 Å². The fourth-order valence-corrected chi connectivity index (χ4v) is 2.64. The number of likely N-dealkylation sites (tertiary alicyclic amines) is 1. The van der Waals surface area contributed by atoms with Gasteiger partial charge in [0, 0.05) is 22.7 Å². The predicted molar refractivity (Wildman–Crippen MR) is 85.9 cm³/mol. The van der Waals surface area contributed by atoms with Gasteiger partial charge in [0.15, 0.2) is 0 Å². The Morgan fingerprint density at radius 2 is 1.95 bits per heavy atom. The number of carbonyl (C=O) groups is 1. The SMILES string of the molecule is CN1CCC(NC(=O)c2cc(Cl)nc(C(C)(C)C)c2)CC1. The summed E-state index contributed by atoms with van der Waals surface area (Å²) in [5.41, 5.74) is 1.30. The van der Waals surface area contributed by atoms with Gasteiger partial charge in [-0.1, -0.05) is 32.4 Å². The maximum absolute atomic E-state index is 12.4. The van der Waals surface area contributed by atoms with Crippen molar-refractivity contribution >= 4 is 17.5 Å². The van der Waals surface area contributed by atoms with Crippen LogP contribution in [-0.4, -0.2) is 42.0 Å². The summed E-state index contributed by atoms with van der Waals surface area (Å²) >= 11 is 6.06. The van der Waals surface area contributed by atoms with E-state index in [1.165, 1.54) is 0 Å². The molecule has 0 aromatic carbocycles. The average molecular weight is 310 g/mol. The molecule has 1 aliphatic rings. The Hall–Kier alpha value is -1.13. The Kier molecular flexibility index (Phi) is 4.89. The Labute approximate surface area is 131 Å². The first kappa shape index (κ1) is 16.2. The predicted octanol–water partition coefficient (Wildman–Crippen LogP) is 2.86. The van der Waals surface area contributed by atoms with Crippen LogP contribution in [0.1, 0.15) is 49.7 Å². The molecule has 1 amide bonds. The summed E-state index contributed by atoms with van der Waals surface area (Å²) < 4.78 is 0. The van der Waals surface area contributed by atoms with E-state index in [1.807, 2.05) is 6.07 Å². The molecule has 2 heterocycles. The van der Waals surface area contributed by atoms with Gasteiger partial charge < -0.3 is 10.2 Å². The van der Waals surface area contributed by atoms with Crippen LogP contribution in [0.5, 0.6) is 0 Å². The van der Waals surface area contributed by atoms with E-state index in [-0.39, 0.29) is 17.4 Å². The maximum atomic E-state index is 12.4. The van der Waals surface area contributed by atoms with Crippen LogP contribution in [0.2, 0.25) is 5.15 Å². The molecule has 4 nitrogen and oxygen atoms in total. The van der Waals surface area contributed by atoms with E-state index in [9.17, 15) is 4.79 Å². The largest absolute Gasteiger partial charge is 0.349 e. The van der Waals surface area contributed by atoms with Gasteiger partial charge in [-0.05, 0) is 45.1 Å². The fraction of sp³-hybridized carbons (Fsp3) is 0.625. The number of hydrogen-bond acceptors (Lipinski definition) is 3. The molecule has 0 bridgehead atoms. The lowest BCUT2D eigenvalue weighted by atomic mass is 9.90. The highest BCUT2D eigenvalue weighted by molar-refractivity contribution is 6.29. The number of pyridine rings is 1. The van der Waals surface area contributed by atoms with Crippen LogP contribution in [0, 0.1) is 0 Å². The van der Waals surface area contributed by atoms with Crippen LogP contribution in [0.25, 0.3) is 0 Å². The number of aromatic nitrogens is 1. The molecule has 0 saturated carbocycles. The van der Waals surface area contributed by atoms with Crippen LogP contribution < -0.4 is 5.32 Å². The minimum atomic E-state index is -0.131. The fourth-order valence-electron chi connectivity index (χ4n) is 2.43. The van der Waals surface area contributed by atoms with Crippen molar-refractivity contribution in [2.24, 2.45) is 0 Å². The first-order chi connectivity index (χ1) is 9.75. The van der Waals surface area contributed by atoms with Gasteiger partial charge in [-0.15, -0.1) is 0 Å². The number of piperidine rings is 1. The number of rotatable bonds is 2. The zero-order valence-electron chi connectivity index (χ0n) is 13.2. The number of amides is 1. The second kappa shape index (κ2) is 6.32. The van der Waals surface area contributed by atoms with Gasteiger partial charge in [0.2, 0.25) is 0 Å². The first-order valence-electron chi connectivity index (χ1n) is 7.43. The molecular formula is C16H24ClN3O. The van der Waals surface area contributed by atoms with Crippen LogP contribution in [-0.2, 0) is 5.41 Å². The number of hydrogen-bond donors (Lipinski definition) is 1. The lowest BCUT2D eigenvalue weighted by Gasteiger charge is -2.29. The monoisotopic (exact) mass is 309 g/mol. The number of nitrogens with zero attached hydrogens (tertiary/aromatic N) is 2. The standard InChI is InChI=1S/C16H24ClN3O/c1-16(2,3)13-9-11(10-14(17)19-13)15(21)18-12-5-7-20(4)8-6-12/h9-10,12H,5-8H2,1-4H3,(H,18,21). The Balaban J connectivity index is 2.10. The van der Waals surface area contributed by atoms with Gasteiger partial charge in [0.05, 0.1) is 0 Å². The molecule has 1 N–H and O–H groups in total. The lowest BCUT2D eigenvalue weighted by molar-refractivity contribution is 0.0916. The van der Waals surface area contributed by atoms with Gasteiger partial charge in [0.25, 0.3) is 5.91 Å². The molecule has 1 fully saturated rings. The minimum Gasteiger partial charge on any atom is -0.349 e. The van der Waals surface area contributed by atoms with Crippen molar-refractivity contribution in [3.63, 3.8) is 0 Å². The maximum Gasteiger partial charge on any atom is 0.251 e. The van der Waals surface area contributed by atoms with E-state index in [2.05, 4.69) is 43.0 Å². The molecule has 5 heteroatoms. The Bertz CT molecular complexity index is 517. The van der Waals surface area contributed by atoms with E-state index in [1.54, 1.807) is 6.07 Å². The van der Waals surface area contributed by atoms with Crippen LogP contribution in [0.4, 0.5) is 0 Å². The second-order valence-corrected chi connectivity index (χ2v) is 7.25. The van der Waals surface area contributed by atoms with Crippen molar-refractivity contribution in [3.05, 3.63) is 28.5 Å². The second-order valence-electron chi connectivity index (χ2n) is 6.86. The number of halogens is 1. The summed E-state index contributed by atoms with van der Waals surface area (Å²) in [5, 5.41) is 3.48. The topological polar surface area (TPSA) is 45.2 Å². The molecule has 1 aromatic rings. The van der Waals surface area contributed by atoms with E-state index in [0.29, 0.717) is 10.7 Å². The van der Waals surface area contributed by atoms with E-state index in [4.69, 9.17) is 11.6 Å². The summed E-state index contributed by atoms with van der Waals surface area (Å²) in [6.45, 7) is 8.23. The third kappa shape index (κ3) is 4.42. The summed E-state index contributed by atoms with van der Waals surface area (Å²) in [5.74, 6) is -0.0562. The van der Waals surface area contributed by atoms with Crippen molar-refractivity contribution < 1.29 is 4.79 Å². The lowest BCUT2D eigenvalue weighted by Crippen LogP contribution is -2.43. The third-order valence-corrected chi connectivity index (χ3v) is 4.07. The normalized spacial score (nSPS) is 17.8. The van der Waals surface area contributed by atoms with Crippen molar-refractivity contribution in [1.29, 1.82) is 0 Å². The minimum absolute atomic E-state index is 0.0562. The summed E-state index contributed by atoms with van der Waals surface area (Å²) in [6, 6.07) is 3.73. The molecule has 0 radical (unpaired) electrons. The Morgan fingerprint density at radius 3 is 2.52 bits per heavy atom. The van der Waals surface area contributed by atoms with Crippen molar-refractivity contribution in [2.75, 3.05) is 20.1 Å². The average Bonchev–Trinajstić information content (AvgIpc) is 2.39. The molecule has 2 rings (SSSR count). The molecule has 1 saturated heterocycles. The third-order valence-electron chi connectivity index (χ3n) is 3.88. The van der Waals surface area contributed by atoms with E-state index < -0.39 is 0 Å². The van der Waals surface area contributed by atoms with Gasteiger partial charge >= 0.3 is 0 Å². The number of nitrogens with one attached hydrogen (secondary N) is 1. The van der Waals surface area contributed by atoms with Gasteiger partial charge in [-0.3, -0.25) is 4.79 Å². The summed E-state index contributed by atoms with van der Waals surface area (Å²) in [7, 11) is 2.11. The highest BCUT2D eigenvalue weighted by Gasteiger charge is 2.22. The van der Waals surface area contributed by atoms with Crippen LogP contribution >= 0.6 is 11.6 Å².